The van der Waals surface area contributed by atoms with E-state index in [1.165, 1.54) is 0 Å². The monoisotopic (exact) mass is 394 g/mol. The quantitative estimate of drug-likeness (QED) is 0.811. The summed E-state index contributed by atoms with van der Waals surface area (Å²) in [7, 11) is 0. The fourth-order valence-corrected chi connectivity index (χ4v) is 2.71. The van der Waals surface area contributed by atoms with Gasteiger partial charge in [-0.3, -0.25) is 9.59 Å². The average Bonchev–Trinajstić information content (AvgIpc) is 2.48. The van der Waals surface area contributed by atoms with Gasteiger partial charge in [-0.2, -0.15) is 0 Å². The van der Waals surface area contributed by atoms with Gasteiger partial charge >= 0.3 is 0 Å². The first kappa shape index (κ1) is 17.5. The van der Waals surface area contributed by atoms with Crippen LogP contribution in [0.15, 0.2) is 46.9 Å². The van der Waals surface area contributed by atoms with Gasteiger partial charge < -0.3 is 10.6 Å². The van der Waals surface area contributed by atoms with E-state index in [0.29, 0.717) is 10.7 Å². The Bertz CT molecular complexity index is 734. The van der Waals surface area contributed by atoms with Crippen LogP contribution in [0.25, 0.3) is 0 Å². The average molecular weight is 396 g/mol. The molecule has 23 heavy (non-hydrogen) atoms. The molecule has 0 bridgehead atoms. The second-order valence-corrected chi connectivity index (χ2v) is 6.44. The molecule has 0 atom stereocenters. The number of nitrogens with one attached hydrogen (secondary N) is 2. The molecule has 0 aromatic heterocycles. The molecule has 2 rings (SSSR count). The molecule has 0 radical (unpaired) electrons. The van der Waals surface area contributed by atoms with Crippen molar-refractivity contribution in [2.45, 2.75) is 13.3 Å². The van der Waals surface area contributed by atoms with Crippen molar-refractivity contribution in [2.24, 2.45) is 0 Å². The third-order valence-corrected chi connectivity index (χ3v) is 3.89. The molecular formula is C17H16BrClN2O2. The van der Waals surface area contributed by atoms with Crippen LogP contribution in [0.4, 0.5) is 5.69 Å². The van der Waals surface area contributed by atoms with Gasteiger partial charge in [0.25, 0.3) is 0 Å². The fraction of sp³-hybridized carbons (Fsp3) is 0.176. The zero-order valence-corrected chi connectivity index (χ0v) is 14.9. The number of anilines is 1. The maximum Gasteiger partial charge on any atom is 0.243 e. The Morgan fingerprint density at radius 1 is 1.13 bits per heavy atom. The summed E-state index contributed by atoms with van der Waals surface area (Å²) < 4.78 is 0.916. The topological polar surface area (TPSA) is 58.2 Å². The Kier molecular flexibility index (Phi) is 6.19. The van der Waals surface area contributed by atoms with Crippen LogP contribution in [0.3, 0.4) is 0 Å². The third kappa shape index (κ3) is 5.69. The second kappa shape index (κ2) is 8.13. The second-order valence-electron chi connectivity index (χ2n) is 5.09. The lowest BCUT2D eigenvalue weighted by Gasteiger charge is -2.09. The van der Waals surface area contributed by atoms with Crippen molar-refractivity contribution >= 4 is 45.0 Å². The summed E-state index contributed by atoms with van der Waals surface area (Å²) in [6.07, 6.45) is 0.229. The number of hydrogen-bond donors (Lipinski definition) is 2. The molecule has 0 spiro atoms. The van der Waals surface area contributed by atoms with Gasteiger partial charge in [-0.15, -0.1) is 0 Å². The zero-order valence-electron chi connectivity index (χ0n) is 12.5. The van der Waals surface area contributed by atoms with Crippen LogP contribution >= 0.6 is 27.5 Å². The lowest BCUT2D eigenvalue weighted by molar-refractivity contribution is -0.123. The van der Waals surface area contributed by atoms with Gasteiger partial charge in [0.1, 0.15) is 0 Å². The Balaban J connectivity index is 1.83. The molecule has 2 aromatic carbocycles. The van der Waals surface area contributed by atoms with Crippen molar-refractivity contribution in [3.05, 3.63) is 63.1 Å². The highest BCUT2D eigenvalue weighted by Crippen LogP contribution is 2.19. The summed E-state index contributed by atoms with van der Waals surface area (Å²) >= 11 is 9.23. The Morgan fingerprint density at radius 2 is 1.91 bits per heavy atom. The summed E-state index contributed by atoms with van der Waals surface area (Å²) in [5, 5.41) is 5.97. The molecule has 0 saturated heterocycles. The van der Waals surface area contributed by atoms with Crippen molar-refractivity contribution in [3.8, 4) is 0 Å². The van der Waals surface area contributed by atoms with E-state index in [2.05, 4.69) is 26.6 Å². The number of benzene rings is 2. The highest BCUT2D eigenvalue weighted by molar-refractivity contribution is 9.10. The molecule has 2 amide bonds. The molecule has 0 heterocycles. The fourth-order valence-electron chi connectivity index (χ4n) is 2.04. The van der Waals surface area contributed by atoms with Crippen molar-refractivity contribution in [1.82, 2.24) is 5.32 Å². The van der Waals surface area contributed by atoms with Gasteiger partial charge in [-0.1, -0.05) is 39.7 Å². The molecular weight excluding hydrogens is 380 g/mol. The minimum atomic E-state index is -0.280. The Labute approximate surface area is 148 Å². The zero-order chi connectivity index (χ0) is 16.8. The predicted octanol–water partition coefficient (Wildman–Crippen LogP) is 3.71. The molecule has 0 aliphatic rings. The van der Waals surface area contributed by atoms with Gasteiger partial charge in [0, 0.05) is 15.2 Å². The first-order valence-corrected chi connectivity index (χ1v) is 8.18. The molecule has 0 saturated carbocycles. The molecule has 6 heteroatoms. The first-order valence-electron chi connectivity index (χ1n) is 7.01. The molecule has 2 aromatic rings. The van der Waals surface area contributed by atoms with E-state index < -0.39 is 0 Å². The van der Waals surface area contributed by atoms with E-state index in [4.69, 9.17) is 11.6 Å². The first-order chi connectivity index (χ1) is 10.9. The van der Waals surface area contributed by atoms with E-state index in [1.807, 2.05) is 31.2 Å². The van der Waals surface area contributed by atoms with Crippen LogP contribution in [-0.2, 0) is 16.0 Å². The molecule has 0 aliphatic heterocycles. The highest BCUT2D eigenvalue weighted by Gasteiger charge is 2.08. The van der Waals surface area contributed by atoms with E-state index in [9.17, 15) is 9.59 Å². The van der Waals surface area contributed by atoms with E-state index >= 15 is 0 Å². The summed E-state index contributed by atoms with van der Waals surface area (Å²) in [4.78, 5) is 23.8. The van der Waals surface area contributed by atoms with Crippen LogP contribution in [0, 0.1) is 6.92 Å². The molecule has 2 N–H and O–H groups in total. The highest BCUT2D eigenvalue weighted by atomic mass is 79.9. The number of hydrogen-bond acceptors (Lipinski definition) is 2. The van der Waals surface area contributed by atoms with Crippen LogP contribution < -0.4 is 10.6 Å². The lowest BCUT2D eigenvalue weighted by atomic mass is 10.1. The summed E-state index contributed by atoms with van der Waals surface area (Å²) in [6.45, 7) is 1.78. The molecule has 0 unspecified atom stereocenters. The standard InChI is InChI=1S/C17H16BrClN2O2/c1-11-7-14(19)5-6-15(11)21-17(23)10-20-16(22)9-12-3-2-4-13(18)8-12/h2-8H,9-10H2,1H3,(H,20,22)(H,21,23). The Morgan fingerprint density at radius 3 is 2.61 bits per heavy atom. The number of aryl methyl sites for hydroxylation is 1. The van der Waals surface area contributed by atoms with Crippen molar-refractivity contribution in [2.75, 3.05) is 11.9 Å². The molecule has 4 nitrogen and oxygen atoms in total. The van der Waals surface area contributed by atoms with Crippen LogP contribution in [-0.4, -0.2) is 18.4 Å². The van der Waals surface area contributed by atoms with Crippen molar-refractivity contribution in [1.29, 1.82) is 0 Å². The van der Waals surface area contributed by atoms with E-state index in [1.54, 1.807) is 18.2 Å². The summed E-state index contributed by atoms with van der Waals surface area (Å²) in [5.74, 6) is -0.482. The van der Waals surface area contributed by atoms with Gasteiger partial charge in [0.15, 0.2) is 0 Å². The maximum absolute atomic E-state index is 11.9. The van der Waals surface area contributed by atoms with Gasteiger partial charge in [0.05, 0.1) is 13.0 Å². The number of carbonyl (C=O) groups excluding carboxylic acids is 2. The smallest absolute Gasteiger partial charge is 0.243 e. The SMILES string of the molecule is Cc1cc(Cl)ccc1NC(=O)CNC(=O)Cc1cccc(Br)c1. The number of halogens is 2. The molecule has 120 valence electrons. The van der Waals surface area contributed by atoms with Crippen molar-refractivity contribution in [3.63, 3.8) is 0 Å². The lowest BCUT2D eigenvalue weighted by Crippen LogP contribution is -2.33. The number of rotatable bonds is 5. The molecule has 0 fully saturated rings. The normalized spacial score (nSPS) is 10.2. The van der Waals surface area contributed by atoms with Gasteiger partial charge in [-0.05, 0) is 48.4 Å². The predicted molar refractivity (Wildman–Crippen MR) is 95.7 cm³/mol. The molecule has 0 aliphatic carbocycles. The minimum absolute atomic E-state index is 0.0745. The van der Waals surface area contributed by atoms with Crippen LogP contribution in [0.1, 0.15) is 11.1 Å². The van der Waals surface area contributed by atoms with Gasteiger partial charge in [0.2, 0.25) is 11.8 Å². The Hall–Kier alpha value is -1.85. The van der Waals surface area contributed by atoms with E-state index in [0.717, 1.165) is 15.6 Å². The largest absolute Gasteiger partial charge is 0.347 e. The third-order valence-electron chi connectivity index (χ3n) is 3.16. The summed E-state index contributed by atoms with van der Waals surface area (Å²) in [5.41, 5.74) is 2.43. The number of amides is 2. The summed E-state index contributed by atoms with van der Waals surface area (Å²) in [6, 6.07) is 12.7. The van der Waals surface area contributed by atoms with Crippen LogP contribution in [0.5, 0.6) is 0 Å². The number of carbonyl (C=O) groups is 2. The van der Waals surface area contributed by atoms with E-state index in [-0.39, 0.29) is 24.8 Å². The van der Waals surface area contributed by atoms with Crippen molar-refractivity contribution < 1.29 is 9.59 Å². The van der Waals surface area contributed by atoms with Gasteiger partial charge in [-0.25, -0.2) is 0 Å². The maximum atomic E-state index is 11.9. The van der Waals surface area contributed by atoms with Crippen LogP contribution in [0.2, 0.25) is 5.02 Å². The minimum Gasteiger partial charge on any atom is -0.347 e.